The van der Waals surface area contributed by atoms with E-state index < -0.39 is 205 Å². The Bertz CT molecular complexity index is 3960. The number of alkyl halides is 3. The first kappa shape index (κ1) is 96.7. The zero-order chi connectivity index (χ0) is 85.0. The molecule has 32 nitrogen and oxygen atoms in total. The number of hydrogen-bond donors (Lipinski definition) is 11. The number of carbonyl (C=O) groups excluding carboxylic acids is 5. The second-order valence-electron chi connectivity index (χ2n) is 29.7. The minimum absolute atomic E-state index is 0. The number of aliphatic hydroxyl groups excluding tert-OH is 9. The Labute approximate surface area is 687 Å². The molecule has 0 radical (unpaired) electrons. The van der Waals surface area contributed by atoms with Crippen molar-refractivity contribution in [3.05, 3.63) is 119 Å². The highest BCUT2D eigenvalue weighted by molar-refractivity contribution is 14.0. The number of halogens is 4. The number of benzene rings is 4. The Morgan fingerprint density at radius 1 is 0.448 bits per heavy atom. The minimum atomic E-state index is -5.96. The fourth-order valence-corrected chi connectivity index (χ4v) is 15.4. The van der Waals surface area contributed by atoms with Crippen LogP contribution in [0.15, 0.2) is 97.1 Å². The maximum Gasteiger partial charge on any atom is 0.534 e. The van der Waals surface area contributed by atoms with Crippen LogP contribution in [0.4, 0.5) is 13.2 Å². The van der Waals surface area contributed by atoms with Crippen molar-refractivity contribution in [2.24, 2.45) is 35.5 Å². The molecular weight excluding hydrogens is 1670 g/mol. The second-order valence-corrected chi connectivity index (χ2v) is 31.2. The Kier molecular flexibility index (Phi) is 35.6. The largest absolute Gasteiger partial charge is 0.534 e. The molecule has 6 aliphatic rings. The van der Waals surface area contributed by atoms with E-state index in [0.29, 0.717) is 23.1 Å². The summed E-state index contributed by atoms with van der Waals surface area (Å²) in [4.78, 5) is 58.7. The van der Waals surface area contributed by atoms with Gasteiger partial charge in [0, 0.05) is 64.0 Å². The van der Waals surface area contributed by atoms with Crippen molar-refractivity contribution in [2.45, 2.75) is 248 Å². The number of phenols is 1. The van der Waals surface area contributed by atoms with Gasteiger partial charge in [-0.15, -0.1) is 24.0 Å². The van der Waals surface area contributed by atoms with Crippen LogP contribution in [0.5, 0.6) is 11.5 Å². The second kappa shape index (κ2) is 42.7. The van der Waals surface area contributed by atoms with Crippen LogP contribution in [-0.2, 0) is 90.9 Å². The lowest BCUT2D eigenvalue weighted by Gasteiger charge is -2.48. The van der Waals surface area contributed by atoms with E-state index in [4.69, 9.17) is 61.6 Å². The van der Waals surface area contributed by atoms with E-state index in [1.54, 1.807) is 68.6 Å². The van der Waals surface area contributed by atoms with Crippen molar-refractivity contribution in [3.63, 3.8) is 0 Å². The number of aromatic hydroxyl groups is 1. The molecule has 6 aliphatic heterocycles. The van der Waals surface area contributed by atoms with Crippen molar-refractivity contribution in [1.82, 2.24) is 5.32 Å². The standard InChI is InChI=1S/C27H37F3O11S.C26H33NO11.C26H38O9.HI/c1-7-20-13(2)14(3)24(37-17(6)32)26(39-20)40-23-15(4)21(12-36-16(5)31)38-25(22(23)33)18-9-8-10-19(11-18)41-42(34,35)27(28,29)30;1-27-25(35)13-7-5-12(6-8-13)14-3-2-4-15(9-14)23-22(34)24(19(31)17(11-29)36-23)38-26-21(33)20(32)18(30)16(10-28)37-26;1-7-20-13(2)14(3)24(32-17(6)28)26(34-20)35-23-15(4)21(12-31-16(5)27)33-25(22(23)30)18-9-8-10-19(29)11-18;/h8-11,13-15,20-26,33H,7,12H2,1-6H3;2-9,16-24,26,28-34H,10-11H2,1H3,(H,27,35);8-11,13-15,20-26,29-30H,7,12H2,1-6H3;1H/t13-,14-,15+,20+,21+,22-,23-,24-,25+,26+;16-,17-,18-,19-,20+,21+,22-,23-,24+,26-;13-,14-,15+,20+,21+,22-,23-,24-,25+,26+;/m010./s1. The van der Waals surface area contributed by atoms with E-state index in [2.05, 4.69) is 16.4 Å². The molecule has 650 valence electrons. The van der Waals surface area contributed by atoms with Crippen LogP contribution in [0.2, 0.25) is 0 Å². The van der Waals surface area contributed by atoms with Crippen molar-refractivity contribution in [2.75, 3.05) is 33.5 Å². The summed E-state index contributed by atoms with van der Waals surface area (Å²) in [6, 6.07) is 24.9. The molecule has 6 heterocycles. The molecule has 4 aromatic rings. The number of ether oxygens (including phenoxy) is 13. The topological polar surface area (TPSA) is 463 Å². The van der Waals surface area contributed by atoms with E-state index in [1.807, 2.05) is 47.6 Å². The van der Waals surface area contributed by atoms with Gasteiger partial charge in [-0.05, 0) is 95.0 Å². The van der Waals surface area contributed by atoms with Crippen molar-refractivity contribution >= 4 is 63.9 Å². The molecule has 0 bridgehead atoms. The van der Waals surface area contributed by atoms with E-state index in [0.717, 1.165) is 29.7 Å². The first-order chi connectivity index (χ1) is 54.2. The molecule has 0 unspecified atom stereocenters. The van der Waals surface area contributed by atoms with E-state index >= 15 is 0 Å². The maximum atomic E-state index is 12.9. The van der Waals surface area contributed by atoms with Crippen molar-refractivity contribution in [1.29, 1.82) is 0 Å². The van der Waals surface area contributed by atoms with Gasteiger partial charge < -0.3 is 122 Å². The van der Waals surface area contributed by atoms with Crippen molar-refractivity contribution < 1.29 is 162 Å². The van der Waals surface area contributed by atoms with Gasteiger partial charge in [-0.25, -0.2) is 0 Å². The SMILES string of the molecule is CC[C@H]1O[C@H](O[C@H]2[C@H](C)[C@@H](COC(C)=O)O[C@H](c3cccc(O)c3)[C@H]2O)[C@@H](OC(C)=O)[C@@H](C)[C@@H]1C.CC[C@H]1O[C@H](O[C@H]2[C@H](C)[C@@H](COC(C)=O)O[C@H](c3cccc(OS(=O)(=O)C(F)(F)F)c3)[C@H]2O)[C@@H](OC(C)=O)[C@@H](C)[C@@H]1C.CNC(=O)c1ccc(-c2cccc([C@H]3O[C@H](CO)[C@@H](O)[C@H](O[C@H]4O[C@H](CO)[C@@H](O)[C@H](O)[C@@H]4O)[C@@H]3O)c2)cc1.I. The zero-order valence-corrected chi connectivity index (χ0v) is 69.4. The van der Waals surface area contributed by atoms with E-state index in [-0.39, 0.29) is 90.3 Å². The van der Waals surface area contributed by atoms with Gasteiger partial charge in [0.2, 0.25) is 0 Å². The molecule has 11 N–H and O–H groups in total. The number of carbonyl (C=O) groups is 5. The molecular formula is C79H109F3INO31S. The molecule has 6 saturated heterocycles. The molecule has 1 amide bonds. The Morgan fingerprint density at radius 2 is 0.862 bits per heavy atom. The number of phenolic OH excluding ortho intramolecular Hbond substituents is 1. The molecule has 116 heavy (non-hydrogen) atoms. The number of aliphatic hydroxyl groups is 9. The smallest absolute Gasteiger partial charge is 0.508 e. The highest BCUT2D eigenvalue weighted by Gasteiger charge is 2.55. The van der Waals surface area contributed by atoms with Gasteiger partial charge in [0.1, 0.15) is 104 Å². The van der Waals surface area contributed by atoms with Gasteiger partial charge in [-0.3, -0.25) is 24.0 Å². The summed E-state index contributed by atoms with van der Waals surface area (Å²) < 4.78 is 142. The summed E-state index contributed by atoms with van der Waals surface area (Å²) in [6.07, 6.45) is -25.1. The maximum absolute atomic E-state index is 12.9. The fraction of sp³-hybridized carbons (Fsp3) is 0.633. The molecule has 30 atom stereocenters. The Hall–Kier alpha value is -6.42. The molecule has 0 spiro atoms. The molecule has 4 aromatic carbocycles. The first-order valence-electron chi connectivity index (χ1n) is 38.0. The van der Waals surface area contributed by atoms with E-state index in [9.17, 15) is 96.6 Å². The summed E-state index contributed by atoms with van der Waals surface area (Å²) >= 11 is 0. The predicted molar refractivity (Wildman–Crippen MR) is 410 cm³/mol. The normalized spacial score (nSPS) is 35.2. The van der Waals surface area contributed by atoms with E-state index in [1.165, 1.54) is 52.0 Å². The summed E-state index contributed by atoms with van der Waals surface area (Å²) in [5, 5.41) is 107. The van der Waals surface area contributed by atoms with Crippen LogP contribution in [0.1, 0.15) is 141 Å². The summed E-state index contributed by atoms with van der Waals surface area (Å²) in [6.45, 7) is 19.0. The highest BCUT2D eigenvalue weighted by Crippen LogP contribution is 2.46. The molecule has 0 saturated carbocycles. The number of rotatable bonds is 23. The van der Waals surface area contributed by atoms with Gasteiger partial charge in [-0.2, -0.15) is 21.6 Å². The van der Waals surface area contributed by atoms with Crippen molar-refractivity contribution in [3.8, 4) is 22.6 Å². The molecule has 10 rings (SSSR count). The molecule has 6 fully saturated rings. The summed E-state index contributed by atoms with van der Waals surface area (Å²) in [5.74, 6) is -3.97. The first-order valence-corrected chi connectivity index (χ1v) is 39.4. The summed E-state index contributed by atoms with van der Waals surface area (Å²) in [5.41, 5.74) is -2.50. The van der Waals surface area contributed by atoms with Crippen LogP contribution >= 0.6 is 24.0 Å². The highest BCUT2D eigenvalue weighted by atomic mass is 127. The summed E-state index contributed by atoms with van der Waals surface area (Å²) in [7, 11) is -4.41. The third kappa shape index (κ3) is 23.6. The van der Waals surface area contributed by atoms with Gasteiger partial charge in [0.25, 0.3) is 5.91 Å². The lowest BCUT2D eigenvalue weighted by atomic mass is 9.82. The van der Waals surface area contributed by atoms with Crippen LogP contribution < -0.4 is 9.50 Å². The minimum Gasteiger partial charge on any atom is -0.508 e. The van der Waals surface area contributed by atoms with Crippen LogP contribution in [0.25, 0.3) is 11.1 Å². The van der Waals surface area contributed by atoms with Crippen LogP contribution in [-0.4, -0.2) is 257 Å². The zero-order valence-electron chi connectivity index (χ0n) is 66.3. The Morgan fingerprint density at radius 3 is 1.29 bits per heavy atom. The average molecular weight is 1780 g/mol. The molecule has 37 heteroatoms. The van der Waals surface area contributed by atoms with Gasteiger partial charge in [0.15, 0.2) is 31.1 Å². The predicted octanol–water partition coefficient (Wildman–Crippen LogP) is 5.43. The third-order valence-corrected chi connectivity index (χ3v) is 22.8. The lowest BCUT2D eigenvalue weighted by molar-refractivity contribution is -0.342. The third-order valence-electron chi connectivity index (χ3n) is 21.9. The number of hydrogen-bond acceptors (Lipinski definition) is 31. The quantitative estimate of drug-likeness (QED) is 0.0145. The van der Waals surface area contributed by atoms with Gasteiger partial charge in [-0.1, -0.05) is 110 Å². The van der Waals surface area contributed by atoms with Gasteiger partial charge in [0.05, 0.1) is 49.8 Å². The van der Waals surface area contributed by atoms with Gasteiger partial charge >= 0.3 is 39.5 Å². The number of esters is 4. The number of nitrogens with one attached hydrogen (secondary N) is 1. The fourth-order valence-electron chi connectivity index (χ4n) is 14.9. The Balaban J connectivity index is 0.000000240. The van der Waals surface area contributed by atoms with Crippen LogP contribution in [0, 0.1) is 35.5 Å². The lowest BCUT2D eigenvalue weighted by Crippen LogP contribution is -2.63. The monoisotopic (exact) mass is 1780 g/mol. The average Bonchev–Trinajstić information content (AvgIpc) is 0.782. The molecule has 0 aliphatic carbocycles. The molecule has 0 aromatic heterocycles. The number of amides is 1. The van der Waals surface area contributed by atoms with Crippen LogP contribution in [0.3, 0.4) is 0 Å².